The number of likely N-dealkylation sites (N-methyl/N-ethyl adjacent to an activating group) is 2. The van der Waals surface area contributed by atoms with Crippen LogP contribution in [0.5, 0.6) is 0 Å². The number of imidazole rings is 1. The fraction of sp³-hybridized carbons (Fsp3) is 0.364. The van der Waals surface area contributed by atoms with Crippen LogP contribution in [-0.2, 0) is 19.5 Å². The van der Waals surface area contributed by atoms with E-state index in [4.69, 9.17) is 5.11 Å². The van der Waals surface area contributed by atoms with Gasteiger partial charge in [-0.25, -0.2) is 4.98 Å². The number of aromatic nitrogens is 2. The van der Waals surface area contributed by atoms with Crippen LogP contribution in [-0.4, -0.2) is 63.7 Å². The molecule has 2 heterocycles. The van der Waals surface area contributed by atoms with Crippen LogP contribution in [0.3, 0.4) is 0 Å². The first-order valence-electron chi connectivity index (χ1n) is 9.65. The number of carbonyl (C=O) groups excluding carboxylic acids is 1. The fourth-order valence-corrected chi connectivity index (χ4v) is 4.02. The largest absolute Gasteiger partial charge is 0.395 e. The summed E-state index contributed by atoms with van der Waals surface area (Å²) in [4.78, 5) is 21.5. The third-order valence-corrected chi connectivity index (χ3v) is 5.66. The summed E-state index contributed by atoms with van der Waals surface area (Å²) in [5.41, 5.74) is 5.10. The number of aliphatic hydroxyl groups excluding tert-OH is 1. The zero-order chi connectivity index (χ0) is 19.7. The highest BCUT2D eigenvalue weighted by atomic mass is 16.3. The van der Waals surface area contributed by atoms with Crippen LogP contribution in [0.4, 0.5) is 0 Å². The Balaban J connectivity index is 1.48. The molecule has 1 amide bonds. The minimum absolute atomic E-state index is 0.00543. The predicted molar refractivity (Wildman–Crippen MR) is 109 cm³/mol. The molecule has 0 saturated heterocycles. The molecule has 0 radical (unpaired) electrons. The van der Waals surface area contributed by atoms with Crippen LogP contribution >= 0.6 is 0 Å². The lowest BCUT2D eigenvalue weighted by molar-refractivity contribution is 0.0733. The highest BCUT2D eigenvalue weighted by Gasteiger charge is 2.26. The van der Waals surface area contributed by atoms with Gasteiger partial charge in [0.2, 0.25) is 0 Å². The minimum atomic E-state index is 0.00543. The lowest BCUT2D eigenvalue weighted by Crippen LogP contribution is -2.46. The Bertz CT molecular complexity index is 997. The van der Waals surface area contributed by atoms with E-state index in [2.05, 4.69) is 41.2 Å². The van der Waals surface area contributed by atoms with Crippen molar-refractivity contribution in [1.29, 1.82) is 0 Å². The zero-order valence-corrected chi connectivity index (χ0v) is 16.4. The van der Waals surface area contributed by atoms with Crippen LogP contribution in [0, 0.1) is 0 Å². The Morgan fingerprint density at radius 3 is 2.82 bits per heavy atom. The molecule has 1 aromatic heterocycles. The van der Waals surface area contributed by atoms with E-state index < -0.39 is 0 Å². The highest BCUT2D eigenvalue weighted by Crippen LogP contribution is 2.23. The van der Waals surface area contributed by atoms with Crippen molar-refractivity contribution in [2.24, 2.45) is 0 Å². The van der Waals surface area contributed by atoms with Crippen molar-refractivity contribution in [2.45, 2.75) is 25.6 Å². The fourth-order valence-electron chi connectivity index (χ4n) is 4.02. The normalized spacial score (nSPS) is 16.9. The topological polar surface area (TPSA) is 61.6 Å². The van der Waals surface area contributed by atoms with Crippen molar-refractivity contribution < 1.29 is 9.90 Å². The predicted octanol–water partition coefficient (Wildman–Crippen LogP) is 2.16. The molecule has 1 unspecified atom stereocenters. The van der Waals surface area contributed by atoms with Gasteiger partial charge in [-0.05, 0) is 42.8 Å². The summed E-state index contributed by atoms with van der Waals surface area (Å²) in [6.45, 7) is 2.16. The highest BCUT2D eigenvalue weighted by molar-refractivity contribution is 5.97. The van der Waals surface area contributed by atoms with E-state index in [1.165, 1.54) is 11.1 Å². The van der Waals surface area contributed by atoms with Gasteiger partial charge in [-0.1, -0.05) is 24.3 Å². The number of nitrogens with zero attached hydrogens (tertiary/aromatic N) is 4. The molecule has 4 rings (SSSR count). The number of carbonyl (C=O) groups is 1. The Hall–Kier alpha value is -2.70. The van der Waals surface area contributed by atoms with Gasteiger partial charge in [-0.15, -0.1) is 0 Å². The summed E-state index contributed by atoms with van der Waals surface area (Å²) >= 11 is 0. The van der Waals surface area contributed by atoms with Gasteiger partial charge in [-0.3, -0.25) is 9.69 Å². The second-order valence-electron chi connectivity index (χ2n) is 7.59. The van der Waals surface area contributed by atoms with Gasteiger partial charge in [0.05, 0.1) is 24.0 Å². The smallest absolute Gasteiger partial charge is 0.253 e. The minimum Gasteiger partial charge on any atom is -0.395 e. The molecular weight excluding hydrogens is 352 g/mol. The average molecular weight is 378 g/mol. The number of fused-ring (bicyclic) bond motifs is 2. The number of hydrogen-bond donors (Lipinski definition) is 1. The first-order chi connectivity index (χ1) is 13.6. The van der Waals surface area contributed by atoms with E-state index in [1.807, 2.05) is 29.8 Å². The summed E-state index contributed by atoms with van der Waals surface area (Å²) in [7, 11) is 3.99. The first kappa shape index (κ1) is 18.7. The molecule has 1 aliphatic heterocycles. The SMILES string of the molecule is CN(CC1Cc2ccccc2CN1C)C(=O)c1ccc2c(c1)ncn2CCO. The molecule has 0 saturated carbocycles. The maximum absolute atomic E-state index is 13.0. The summed E-state index contributed by atoms with van der Waals surface area (Å²) in [6.07, 6.45) is 2.65. The molecule has 146 valence electrons. The monoisotopic (exact) mass is 378 g/mol. The lowest BCUT2D eigenvalue weighted by atomic mass is 9.94. The number of rotatable bonds is 5. The van der Waals surface area contributed by atoms with E-state index in [9.17, 15) is 4.79 Å². The third-order valence-electron chi connectivity index (χ3n) is 5.66. The molecule has 1 aliphatic rings. The Morgan fingerprint density at radius 1 is 1.25 bits per heavy atom. The summed E-state index contributed by atoms with van der Waals surface area (Å²) in [6, 6.07) is 14.4. The van der Waals surface area contributed by atoms with Crippen LogP contribution in [0.1, 0.15) is 21.5 Å². The quantitative estimate of drug-likeness (QED) is 0.739. The number of amides is 1. The van der Waals surface area contributed by atoms with Gasteiger partial charge in [-0.2, -0.15) is 0 Å². The lowest BCUT2D eigenvalue weighted by Gasteiger charge is -2.36. The molecule has 1 N–H and O–H groups in total. The molecule has 0 spiro atoms. The van der Waals surface area contributed by atoms with Gasteiger partial charge in [0.25, 0.3) is 5.91 Å². The molecule has 1 atom stereocenters. The Morgan fingerprint density at radius 2 is 2.04 bits per heavy atom. The number of aliphatic hydroxyl groups is 1. The van der Waals surface area contributed by atoms with Gasteiger partial charge in [0, 0.05) is 38.3 Å². The molecule has 6 nitrogen and oxygen atoms in total. The molecule has 0 fully saturated rings. The van der Waals surface area contributed by atoms with Gasteiger partial charge in [0.1, 0.15) is 0 Å². The van der Waals surface area contributed by atoms with Crippen LogP contribution in [0.2, 0.25) is 0 Å². The van der Waals surface area contributed by atoms with Crippen molar-refractivity contribution in [3.63, 3.8) is 0 Å². The van der Waals surface area contributed by atoms with Crippen molar-refractivity contribution in [3.8, 4) is 0 Å². The Kier molecular flexibility index (Phi) is 5.15. The van der Waals surface area contributed by atoms with Crippen LogP contribution < -0.4 is 0 Å². The number of hydrogen-bond acceptors (Lipinski definition) is 4. The molecule has 0 aliphatic carbocycles. The van der Waals surface area contributed by atoms with Gasteiger partial charge >= 0.3 is 0 Å². The standard InChI is InChI=1S/C22H26N4O2/c1-24-13-18-6-4-3-5-16(18)11-19(24)14-25(2)22(28)17-7-8-21-20(12-17)23-15-26(21)9-10-27/h3-8,12,15,19,27H,9-11,13-14H2,1-2H3. The average Bonchev–Trinajstić information content (AvgIpc) is 3.10. The van der Waals surface area contributed by atoms with Crippen molar-refractivity contribution in [3.05, 3.63) is 65.5 Å². The Labute approximate surface area is 165 Å². The van der Waals surface area contributed by atoms with E-state index in [0.29, 0.717) is 24.7 Å². The second kappa shape index (κ2) is 7.73. The number of benzene rings is 2. The van der Waals surface area contributed by atoms with Crippen molar-refractivity contribution >= 4 is 16.9 Å². The van der Waals surface area contributed by atoms with E-state index >= 15 is 0 Å². The van der Waals surface area contributed by atoms with E-state index in [0.717, 1.165) is 24.0 Å². The molecule has 3 aromatic rings. The van der Waals surface area contributed by atoms with Gasteiger partial charge in [0.15, 0.2) is 0 Å². The van der Waals surface area contributed by atoms with E-state index in [-0.39, 0.29) is 12.5 Å². The van der Waals surface area contributed by atoms with Crippen LogP contribution in [0.25, 0.3) is 11.0 Å². The third kappa shape index (κ3) is 3.53. The van der Waals surface area contributed by atoms with Crippen molar-refractivity contribution in [2.75, 3.05) is 27.2 Å². The van der Waals surface area contributed by atoms with Gasteiger partial charge < -0.3 is 14.6 Å². The molecule has 28 heavy (non-hydrogen) atoms. The zero-order valence-electron chi connectivity index (χ0n) is 16.4. The summed E-state index contributed by atoms with van der Waals surface area (Å²) in [5, 5.41) is 9.14. The second-order valence-corrected chi connectivity index (χ2v) is 7.59. The van der Waals surface area contributed by atoms with Crippen LogP contribution in [0.15, 0.2) is 48.8 Å². The maximum atomic E-state index is 13.0. The first-order valence-corrected chi connectivity index (χ1v) is 9.65. The molecule has 2 aromatic carbocycles. The maximum Gasteiger partial charge on any atom is 0.253 e. The molecule has 6 heteroatoms. The molecule has 0 bridgehead atoms. The van der Waals surface area contributed by atoms with E-state index in [1.54, 1.807) is 11.2 Å². The summed E-state index contributed by atoms with van der Waals surface area (Å²) in [5.74, 6) is 0.00543. The molecular formula is C22H26N4O2. The summed E-state index contributed by atoms with van der Waals surface area (Å²) < 4.78 is 1.89. The van der Waals surface area contributed by atoms with Crippen molar-refractivity contribution in [1.82, 2.24) is 19.4 Å².